The van der Waals surface area contributed by atoms with Gasteiger partial charge in [-0.15, -0.1) is 11.3 Å². The molecule has 2 atom stereocenters. The van der Waals surface area contributed by atoms with Crippen LogP contribution in [0.3, 0.4) is 0 Å². The summed E-state index contributed by atoms with van der Waals surface area (Å²) in [6.07, 6.45) is 8.25. The molecule has 1 fully saturated rings. The van der Waals surface area contributed by atoms with Crippen molar-refractivity contribution < 1.29 is 4.74 Å². The molecule has 2 rings (SSSR count). The van der Waals surface area contributed by atoms with Crippen molar-refractivity contribution in [2.75, 3.05) is 13.2 Å². The zero-order chi connectivity index (χ0) is 15.1. The van der Waals surface area contributed by atoms with Gasteiger partial charge in [0.05, 0.1) is 9.89 Å². The summed E-state index contributed by atoms with van der Waals surface area (Å²) in [6.45, 7) is 6.15. The molecule has 0 aromatic carbocycles. The molecule has 0 spiro atoms. The van der Waals surface area contributed by atoms with Crippen molar-refractivity contribution in [1.29, 1.82) is 0 Å². The highest BCUT2D eigenvalue weighted by atomic mass is 79.9. The maximum Gasteiger partial charge on any atom is 0.0759 e. The van der Waals surface area contributed by atoms with Crippen LogP contribution in [0.25, 0.3) is 0 Å². The van der Waals surface area contributed by atoms with Crippen LogP contribution in [0.15, 0.2) is 15.9 Å². The van der Waals surface area contributed by atoms with E-state index < -0.39 is 0 Å². The summed E-state index contributed by atoms with van der Waals surface area (Å²) < 4.78 is 7.43. The van der Waals surface area contributed by atoms with Crippen molar-refractivity contribution in [2.45, 2.75) is 64.5 Å². The summed E-state index contributed by atoms with van der Waals surface area (Å²) >= 11 is 5.42. The highest BCUT2D eigenvalue weighted by molar-refractivity contribution is 9.11. The topological polar surface area (TPSA) is 21.3 Å². The van der Waals surface area contributed by atoms with Gasteiger partial charge >= 0.3 is 0 Å². The highest BCUT2D eigenvalue weighted by Gasteiger charge is 2.31. The van der Waals surface area contributed by atoms with Crippen LogP contribution < -0.4 is 5.32 Å². The van der Waals surface area contributed by atoms with Crippen molar-refractivity contribution in [1.82, 2.24) is 5.32 Å². The molecule has 0 amide bonds. The Kier molecular flexibility index (Phi) is 7.72. The third kappa shape index (κ3) is 5.34. The first-order valence-electron chi connectivity index (χ1n) is 8.33. The van der Waals surface area contributed by atoms with Gasteiger partial charge in [-0.1, -0.05) is 26.2 Å². The van der Waals surface area contributed by atoms with Gasteiger partial charge in [0.1, 0.15) is 0 Å². The lowest BCUT2D eigenvalue weighted by Crippen LogP contribution is -2.47. The normalized spacial score (nSPS) is 19.6. The van der Waals surface area contributed by atoms with Crippen LogP contribution in [0.1, 0.15) is 50.8 Å². The van der Waals surface area contributed by atoms with Gasteiger partial charge in [0.15, 0.2) is 0 Å². The van der Waals surface area contributed by atoms with E-state index in [-0.39, 0.29) is 0 Å². The molecule has 4 heteroatoms. The first-order chi connectivity index (χ1) is 10.2. The van der Waals surface area contributed by atoms with Gasteiger partial charge in [-0.2, -0.15) is 0 Å². The molecule has 21 heavy (non-hydrogen) atoms. The summed E-state index contributed by atoms with van der Waals surface area (Å²) in [4.78, 5) is 1.44. The SMILES string of the molecule is CCNC(Cc1ccc(Br)s1)C(OCC)C1CCCCC1. The van der Waals surface area contributed by atoms with Crippen LogP contribution >= 0.6 is 27.3 Å². The van der Waals surface area contributed by atoms with Crippen molar-refractivity contribution in [3.63, 3.8) is 0 Å². The number of hydrogen-bond acceptors (Lipinski definition) is 3. The Morgan fingerprint density at radius 2 is 2.05 bits per heavy atom. The highest BCUT2D eigenvalue weighted by Crippen LogP contribution is 2.31. The second-order valence-corrected chi connectivity index (χ2v) is 8.44. The zero-order valence-corrected chi connectivity index (χ0v) is 15.6. The predicted octanol–water partition coefficient (Wildman–Crippen LogP) is 5.02. The molecule has 0 radical (unpaired) electrons. The number of halogens is 1. The molecule has 1 saturated carbocycles. The number of rotatable bonds is 8. The summed E-state index contributed by atoms with van der Waals surface area (Å²) in [6, 6.07) is 4.83. The summed E-state index contributed by atoms with van der Waals surface area (Å²) in [5, 5.41) is 3.69. The molecular weight excluding hydrogens is 346 g/mol. The minimum absolute atomic E-state index is 0.358. The Bertz CT molecular complexity index is 403. The molecule has 1 aliphatic rings. The van der Waals surface area contributed by atoms with Crippen LogP contribution in [0.5, 0.6) is 0 Å². The van der Waals surface area contributed by atoms with Gasteiger partial charge in [0.2, 0.25) is 0 Å². The van der Waals surface area contributed by atoms with E-state index in [1.165, 1.54) is 40.8 Å². The molecular formula is C17H28BrNOS. The third-order valence-electron chi connectivity index (χ3n) is 4.39. The summed E-state index contributed by atoms with van der Waals surface area (Å²) in [5.41, 5.74) is 0. The summed E-state index contributed by atoms with van der Waals surface area (Å²) in [5.74, 6) is 0.728. The third-order valence-corrected chi connectivity index (χ3v) is 6.03. The lowest BCUT2D eigenvalue weighted by molar-refractivity contribution is -0.0169. The second kappa shape index (κ2) is 9.29. The first kappa shape index (κ1) is 17.5. The molecule has 0 aliphatic heterocycles. The van der Waals surface area contributed by atoms with Gasteiger partial charge in [-0.05, 0) is 66.7 Å². The van der Waals surface area contributed by atoms with E-state index in [0.29, 0.717) is 12.1 Å². The fourth-order valence-electron chi connectivity index (χ4n) is 3.48. The zero-order valence-electron chi connectivity index (χ0n) is 13.2. The maximum absolute atomic E-state index is 6.21. The van der Waals surface area contributed by atoms with Gasteiger partial charge in [0, 0.05) is 17.5 Å². The van der Waals surface area contributed by atoms with E-state index >= 15 is 0 Å². The number of thiophene rings is 1. The van der Waals surface area contributed by atoms with Crippen LogP contribution in [0, 0.1) is 5.92 Å². The number of nitrogens with one attached hydrogen (secondary N) is 1. The average molecular weight is 374 g/mol. The fraction of sp³-hybridized carbons (Fsp3) is 0.765. The van der Waals surface area contributed by atoms with Crippen molar-refractivity contribution in [3.8, 4) is 0 Å². The smallest absolute Gasteiger partial charge is 0.0759 e. The molecule has 1 N–H and O–H groups in total. The molecule has 1 heterocycles. The Hall–Kier alpha value is 0.1000. The van der Waals surface area contributed by atoms with Gasteiger partial charge in [-0.3, -0.25) is 0 Å². The largest absolute Gasteiger partial charge is 0.377 e. The molecule has 0 saturated heterocycles. The van der Waals surface area contributed by atoms with E-state index in [1.54, 1.807) is 0 Å². The molecule has 0 bridgehead atoms. The number of ether oxygens (including phenoxy) is 1. The minimum Gasteiger partial charge on any atom is -0.377 e. The van der Waals surface area contributed by atoms with Gasteiger partial charge in [-0.25, -0.2) is 0 Å². The fourth-order valence-corrected chi connectivity index (χ4v) is 5.02. The average Bonchev–Trinajstić information content (AvgIpc) is 2.90. The van der Waals surface area contributed by atoms with E-state index in [0.717, 1.165) is 25.5 Å². The van der Waals surface area contributed by atoms with E-state index in [9.17, 15) is 0 Å². The number of hydrogen-bond donors (Lipinski definition) is 1. The number of likely N-dealkylation sites (N-methyl/N-ethyl adjacent to an activating group) is 1. The predicted molar refractivity (Wildman–Crippen MR) is 95.2 cm³/mol. The minimum atomic E-state index is 0.358. The Morgan fingerprint density at radius 1 is 1.29 bits per heavy atom. The van der Waals surface area contributed by atoms with Crippen LogP contribution in [-0.2, 0) is 11.2 Å². The molecule has 2 unspecified atom stereocenters. The van der Waals surface area contributed by atoms with Crippen molar-refractivity contribution in [3.05, 3.63) is 20.8 Å². The maximum atomic E-state index is 6.21. The van der Waals surface area contributed by atoms with Crippen LogP contribution in [0.4, 0.5) is 0 Å². The standard InChI is InChI=1S/C17H28BrNOS/c1-3-19-15(12-14-10-11-16(18)21-14)17(20-4-2)13-8-6-5-7-9-13/h10-11,13,15,17,19H,3-9,12H2,1-2H3. The van der Waals surface area contributed by atoms with E-state index in [4.69, 9.17) is 4.74 Å². The van der Waals surface area contributed by atoms with E-state index in [2.05, 4.69) is 47.2 Å². The Morgan fingerprint density at radius 3 is 2.62 bits per heavy atom. The van der Waals surface area contributed by atoms with Crippen LogP contribution in [-0.4, -0.2) is 25.3 Å². The summed E-state index contributed by atoms with van der Waals surface area (Å²) in [7, 11) is 0. The van der Waals surface area contributed by atoms with Crippen molar-refractivity contribution in [2.24, 2.45) is 5.92 Å². The quantitative estimate of drug-likeness (QED) is 0.690. The monoisotopic (exact) mass is 373 g/mol. The molecule has 1 aromatic rings. The van der Waals surface area contributed by atoms with E-state index in [1.807, 2.05) is 11.3 Å². The Labute approximate surface area is 141 Å². The first-order valence-corrected chi connectivity index (χ1v) is 9.94. The molecule has 1 aliphatic carbocycles. The lowest BCUT2D eigenvalue weighted by atomic mass is 9.81. The second-order valence-electron chi connectivity index (χ2n) is 5.89. The van der Waals surface area contributed by atoms with Crippen molar-refractivity contribution >= 4 is 27.3 Å². The lowest BCUT2D eigenvalue weighted by Gasteiger charge is -2.36. The molecule has 120 valence electrons. The molecule has 2 nitrogen and oxygen atoms in total. The molecule has 1 aromatic heterocycles. The van der Waals surface area contributed by atoms with Gasteiger partial charge in [0.25, 0.3) is 0 Å². The van der Waals surface area contributed by atoms with Crippen LogP contribution in [0.2, 0.25) is 0 Å². The van der Waals surface area contributed by atoms with Gasteiger partial charge < -0.3 is 10.1 Å². The Balaban J connectivity index is 2.06.